The molecule has 3 heterocycles. The molecule has 274 valence electrons. The average molecular weight is 683 g/mol. The van der Waals surface area contributed by atoms with Gasteiger partial charge < -0.3 is 19.3 Å². The van der Waals surface area contributed by atoms with Crippen LogP contribution in [0.3, 0.4) is 0 Å². The van der Waals surface area contributed by atoms with E-state index in [0.717, 1.165) is 55.2 Å². The van der Waals surface area contributed by atoms with E-state index < -0.39 is 46.9 Å². The summed E-state index contributed by atoms with van der Waals surface area (Å²) >= 11 is 0. The molecule has 0 aromatic carbocycles. The zero-order chi connectivity index (χ0) is 36.1. The molecule has 3 aliphatic heterocycles. The van der Waals surface area contributed by atoms with Crippen molar-refractivity contribution in [3.63, 3.8) is 0 Å². The zero-order valence-corrected chi connectivity index (χ0v) is 31.6. The molecule has 0 spiro atoms. The number of aliphatic hydroxyl groups is 1. The van der Waals surface area contributed by atoms with Gasteiger partial charge in [0, 0.05) is 49.4 Å². The Labute approximate surface area is 294 Å². The van der Waals surface area contributed by atoms with Gasteiger partial charge in [-0.3, -0.25) is 19.2 Å². The molecule has 0 amide bonds. The van der Waals surface area contributed by atoms with E-state index in [1.165, 1.54) is 7.11 Å². The number of fused-ring (bicyclic) bond motifs is 7. The van der Waals surface area contributed by atoms with E-state index in [0.29, 0.717) is 12.8 Å². The fourth-order valence-electron chi connectivity index (χ4n) is 9.91. The van der Waals surface area contributed by atoms with Crippen molar-refractivity contribution in [2.24, 2.45) is 40.9 Å². The minimum absolute atomic E-state index is 0.0317. The fraction of sp³-hybridized carbons (Fsp3) is 0.805. The number of ether oxygens (including phenoxy) is 3. The van der Waals surface area contributed by atoms with Crippen molar-refractivity contribution < 1.29 is 38.5 Å². The van der Waals surface area contributed by atoms with E-state index in [2.05, 4.69) is 26.8 Å². The molecule has 2 bridgehead atoms. The molecule has 0 radical (unpaired) electrons. The van der Waals surface area contributed by atoms with Gasteiger partial charge in [0.15, 0.2) is 0 Å². The summed E-state index contributed by atoms with van der Waals surface area (Å²) in [6, 6.07) is 0. The Hall–Kier alpha value is -2.16. The first-order valence-corrected chi connectivity index (χ1v) is 19.0. The molecular weight excluding hydrogens is 620 g/mol. The molecule has 49 heavy (non-hydrogen) atoms. The van der Waals surface area contributed by atoms with Crippen LogP contribution in [0, 0.1) is 40.9 Å². The monoisotopic (exact) mass is 682 g/mol. The van der Waals surface area contributed by atoms with Crippen LogP contribution < -0.4 is 0 Å². The number of ketones is 3. The van der Waals surface area contributed by atoms with E-state index in [4.69, 9.17) is 14.2 Å². The largest absolute Gasteiger partial charge is 0.469 e. The van der Waals surface area contributed by atoms with Gasteiger partial charge >= 0.3 is 5.97 Å². The second kappa shape index (κ2) is 14.5. The number of carbonyl (C=O) groups is 4. The van der Waals surface area contributed by atoms with Crippen molar-refractivity contribution in [3.8, 4) is 0 Å². The van der Waals surface area contributed by atoms with E-state index in [-0.39, 0.29) is 72.5 Å². The third kappa shape index (κ3) is 7.72. The van der Waals surface area contributed by atoms with Crippen molar-refractivity contribution in [2.45, 2.75) is 162 Å². The molecule has 8 nitrogen and oxygen atoms in total. The lowest BCUT2D eigenvalue weighted by Gasteiger charge is -2.47. The Morgan fingerprint density at radius 3 is 2.35 bits per heavy atom. The minimum atomic E-state index is -1.43. The van der Waals surface area contributed by atoms with Gasteiger partial charge in [-0.25, -0.2) is 0 Å². The zero-order valence-electron chi connectivity index (χ0n) is 31.6. The van der Waals surface area contributed by atoms with Crippen LogP contribution >= 0.6 is 0 Å². The summed E-state index contributed by atoms with van der Waals surface area (Å²) in [5, 5.41) is 11.7. The topological polar surface area (TPSA) is 120 Å². The lowest BCUT2D eigenvalue weighted by Crippen LogP contribution is -2.53. The van der Waals surface area contributed by atoms with Crippen molar-refractivity contribution in [1.29, 1.82) is 0 Å². The maximum absolute atomic E-state index is 15.0. The quantitative estimate of drug-likeness (QED) is 0.183. The van der Waals surface area contributed by atoms with Gasteiger partial charge in [-0.2, -0.15) is 0 Å². The van der Waals surface area contributed by atoms with E-state index >= 15 is 0 Å². The lowest BCUT2D eigenvalue weighted by atomic mass is 9.54. The van der Waals surface area contributed by atoms with Crippen molar-refractivity contribution >= 4 is 23.3 Å². The number of carbonyl (C=O) groups excluding carboxylic acids is 4. The number of Topliss-reactive ketones (excluding diaryl/α,β-unsaturated/α-hetero) is 3. The predicted molar refractivity (Wildman–Crippen MR) is 188 cm³/mol. The molecule has 2 saturated heterocycles. The fourth-order valence-corrected chi connectivity index (χ4v) is 9.91. The van der Waals surface area contributed by atoms with Gasteiger partial charge in [-0.15, -0.1) is 0 Å². The molecule has 5 aliphatic rings. The van der Waals surface area contributed by atoms with Crippen LogP contribution in [-0.4, -0.2) is 65.0 Å². The van der Waals surface area contributed by atoms with E-state index in [1.807, 2.05) is 34.6 Å². The first-order chi connectivity index (χ1) is 22.9. The van der Waals surface area contributed by atoms with Gasteiger partial charge in [0.1, 0.15) is 17.3 Å². The summed E-state index contributed by atoms with van der Waals surface area (Å²) in [4.78, 5) is 57.3. The summed E-state index contributed by atoms with van der Waals surface area (Å²) in [7, 11) is 1.34. The van der Waals surface area contributed by atoms with Crippen LogP contribution in [0.5, 0.6) is 0 Å². The highest BCUT2D eigenvalue weighted by Gasteiger charge is 2.60. The normalized spacial score (nSPS) is 43.9. The maximum atomic E-state index is 15.0. The highest BCUT2D eigenvalue weighted by Crippen LogP contribution is 2.56. The Balaban J connectivity index is 1.69. The predicted octanol–water partition coefficient (Wildman–Crippen LogP) is 7.29. The summed E-state index contributed by atoms with van der Waals surface area (Å²) in [6.07, 6.45) is 7.66. The molecule has 0 aromatic rings. The number of allylic oxidation sites excluding steroid dienone is 3. The van der Waals surface area contributed by atoms with Crippen molar-refractivity contribution in [2.75, 3.05) is 7.11 Å². The van der Waals surface area contributed by atoms with Gasteiger partial charge in [0.2, 0.25) is 0 Å². The number of hydrogen-bond acceptors (Lipinski definition) is 8. The van der Waals surface area contributed by atoms with Crippen LogP contribution in [0.1, 0.15) is 132 Å². The Bertz CT molecular complexity index is 1370. The summed E-state index contributed by atoms with van der Waals surface area (Å²) in [6.45, 7) is 16.0. The molecule has 0 unspecified atom stereocenters. The highest BCUT2D eigenvalue weighted by atomic mass is 16.6. The maximum Gasteiger partial charge on any atom is 0.313 e. The van der Waals surface area contributed by atoms with Crippen molar-refractivity contribution in [1.82, 2.24) is 0 Å². The van der Waals surface area contributed by atoms with Gasteiger partial charge in [0.25, 0.3) is 0 Å². The molecule has 1 saturated carbocycles. The molecule has 0 aromatic heterocycles. The van der Waals surface area contributed by atoms with E-state index in [9.17, 15) is 24.3 Å². The Morgan fingerprint density at radius 1 is 0.959 bits per heavy atom. The molecule has 5 rings (SSSR count). The number of hydrogen-bond donors (Lipinski definition) is 1. The third-order valence-electron chi connectivity index (χ3n) is 13.1. The van der Waals surface area contributed by atoms with Crippen LogP contribution in [0.15, 0.2) is 22.8 Å². The molecule has 3 fully saturated rings. The number of epoxide rings is 1. The first kappa shape index (κ1) is 38.1. The number of esters is 1. The second-order valence-corrected chi connectivity index (χ2v) is 17.5. The SMILES string of the molecule is COC(=O)[C@]12CC(=O)[C@H](C(C)C)CC(=O)[C@H](C)CCC[C@H](C)CC(=O)[C@H]1[C@H]1/C=C(\C)CC[C@@H]3O[C@@]3(C)CC[C@H]3O[C@@H](C[C@]3(C)O)C1=C(C)C2. The Morgan fingerprint density at radius 2 is 1.67 bits per heavy atom. The second-order valence-electron chi connectivity index (χ2n) is 17.5. The van der Waals surface area contributed by atoms with Crippen LogP contribution in [0.25, 0.3) is 0 Å². The molecule has 11 atom stereocenters. The van der Waals surface area contributed by atoms with Crippen molar-refractivity contribution in [3.05, 3.63) is 22.8 Å². The van der Waals surface area contributed by atoms with Gasteiger partial charge in [0.05, 0.1) is 42.0 Å². The van der Waals surface area contributed by atoms with Crippen LogP contribution in [0.4, 0.5) is 0 Å². The average Bonchev–Trinajstić information content (AvgIpc) is 3.56. The standard InChI is InChI=1S/C41H62O8/c1-23(2)28-19-30(42)26(5)12-10-11-24(3)18-31(43)37-29-17-25(4)13-14-35-40(8,49-35)16-15-34-39(7,46)22-33(48-34)36(29)27(6)20-41(37,21-32(28)44)38(45)47-9/h17,23-24,26,28-29,33-35,37,46H,10-16,18-22H2,1-9H3/b25-17+/t24-,26+,28-,29-,33-,34+,35-,37+,39-,40-,41+/m0/s1. The molecule has 8 heteroatoms. The Kier molecular flexibility index (Phi) is 11.2. The lowest BCUT2D eigenvalue weighted by molar-refractivity contribution is -0.165. The molecule has 1 N–H and O–H groups in total. The third-order valence-corrected chi connectivity index (χ3v) is 13.1. The van der Waals surface area contributed by atoms with Gasteiger partial charge in [-0.05, 0) is 83.6 Å². The number of rotatable bonds is 2. The summed E-state index contributed by atoms with van der Waals surface area (Å²) in [5.41, 5.74) is 0.215. The molecule has 2 aliphatic carbocycles. The van der Waals surface area contributed by atoms with E-state index in [1.54, 1.807) is 0 Å². The summed E-state index contributed by atoms with van der Waals surface area (Å²) < 4.78 is 18.5. The first-order valence-electron chi connectivity index (χ1n) is 19.0. The van der Waals surface area contributed by atoms with Crippen LogP contribution in [0.2, 0.25) is 0 Å². The smallest absolute Gasteiger partial charge is 0.313 e. The van der Waals surface area contributed by atoms with Gasteiger partial charge in [-0.1, -0.05) is 57.8 Å². The number of methoxy groups -OCH3 is 1. The van der Waals surface area contributed by atoms with Crippen LogP contribution in [-0.2, 0) is 33.4 Å². The summed E-state index contributed by atoms with van der Waals surface area (Å²) in [5.74, 6) is -2.80. The minimum Gasteiger partial charge on any atom is -0.469 e. The molecular formula is C41H62O8. The highest BCUT2D eigenvalue weighted by molar-refractivity contribution is 5.96.